The lowest BCUT2D eigenvalue weighted by Gasteiger charge is -2.29. The Balaban J connectivity index is 1.45. The zero-order valence-electron chi connectivity index (χ0n) is 19.2. The molecule has 172 valence electrons. The number of nitrogens with one attached hydrogen (secondary N) is 1. The van der Waals surface area contributed by atoms with Gasteiger partial charge in [-0.2, -0.15) is 0 Å². The second kappa shape index (κ2) is 13.7. The van der Waals surface area contributed by atoms with Crippen LogP contribution in [0, 0.1) is 0 Å². The maximum Gasteiger partial charge on any atom is 0.239 e. The van der Waals surface area contributed by atoms with Gasteiger partial charge in [-0.25, -0.2) is 0 Å². The molecule has 0 aliphatic carbocycles. The minimum Gasteiger partial charge on any atom is -0.355 e. The summed E-state index contributed by atoms with van der Waals surface area (Å²) in [5, 5.41) is 3.00. The van der Waals surface area contributed by atoms with E-state index in [9.17, 15) is 9.59 Å². The van der Waals surface area contributed by atoms with Crippen molar-refractivity contribution in [2.24, 2.45) is 0 Å². The largest absolute Gasteiger partial charge is 0.355 e. The SMILES string of the molecule is O=C(CN(CCCc1ccccc1)C(=O)CN1CCCCC1)NCCCc1ccccc1. The van der Waals surface area contributed by atoms with Crippen LogP contribution in [0.1, 0.15) is 43.2 Å². The number of carbonyl (C=O) groups is 2. The van der Waals surface area contributed by atoms with Crippen molar-refractivity contribution in [1.29, 1.82) is 0 Å². The molecule has 0 spiro atoms. The highest BCUT2D eigenvalue weighted by Crippen LogP contribution is 2.10. The maximum absolute atomic E-state index is 13.0. The summed E-state index contributed by atoms with van der Waals surface area (Å²) in [5.74, 6) is 0.00386. The summed E-state index contributed by atoms with van der Waals surface area (Å²) in [6, 6.07) is 20.6. The van der Waals surface area contributed by atoms with Gasteiger partial charge in [0.1, 0.15) is 0 Å². The van der Waals surface area contributed by atoms with E-state index in [-0.39, 0.29) is 18.4 Å². The predicted octanol–water partition coefficient (Wildman–Crippen LogP) is 3.68. The van der Waals surface area contributed by atoms with Gasteiger partial charge in [-0.15, -0.1) is 0 Å². The first kappa shape index (κ1) is 24.0. The molecular formula is C27H37N3O2. The Morgan fingerprint density at radius 3 is 2.03 bits per heavy atom. The summed E-state index contributed by atoms with van der Waals surface area (Å²) in [5.41, 5.74) is 2.54. The van der Waals surface area contributed by atoms with E-state index in [2.05, 4.69) is 34.5 Å². The molecule has 0 aromatic heterocycles. The Morgan fingerprint density at radius 2 is 1.41 bits per heavy atom. The first-order chi connectivity index (χ1) is 15.7. The van der Waals surface area contributed by atoms with Gasteiger partial charge in [0, 0.05) is 13.1 Å². The second-order valence-electron chi connectivity index (χ2n) is 8.68. The molecule has 1 fully saturated rings. The Morgan fingerprint density at radius 1 is 0.812 bits per heavy atom. The van der Waals surface area contributed by atoms with Crippen LogP contribution >= 0.6 is 0 Å². The number of rotatable bonds is 12. The average molecular weight is 436 g/mol. The van der Waals surface area contributed by atoms with Gasteiger partial charge in [-0.1, -0.05) is 67.1 Å². The number of hydrogen-bond acceptors (Lipinski definition) is 3. The second-order valence-corrected chi connectivity index (χ2v) is 8.68. The number of hydrogen-bond donors (Lipinski definition) is 1. The van der Waals surface area contributed by atoms with Crippen molar-refractivity contribution in [2.45, 2.75) is 44.9 Å². The van der Waals surface area contributed by atoms with Gasteiger partial charge in [0.15, 0.2) is 0 Å². The fraction of sp³-hybridized carbons (Fsp3) is 0.481. The van der Waals surface area contributed by atoms with Crippen molar-refractivity contribution < 1.29 is 9.59 Å². The first-order valence-electron chi connectivity index (χ1n) is 12.1. The Bertz CT molecular complexity index is 804. The average Bonchev–Trinajstić information content (AvgIpc) is 2.83. The Labute approximate surface area is 192 Å². The topological polar surface area (TPSA) is 52.7 Å². The minimum atomic E-state index is -0.0650. The number of aryl methyl sites for hydroxylation is 2. The fourth-order valence-corrected chi connectivity index (χ4v) is 4.21. The van der Waals surface area contributed by atoms with E-state index in [0.29, 0.717) is 19.6 Å². The third-order valence-corrected chi connectivity index (χ3v) is 6.04. The van der Waals surface area contributed by atoms with Gasteiger partial charge < -0.3 is 10.2 Å². The quantitative estimate of drug-likeness (QED) is 0.518. The number of nitrogens with zero attached hydrogens (tertiary/aromatic N) is 2. The van der Waals surface area contributed by atoms with Crippen LogP contribution in [0.15, 0.2) is 60.7 Å². The van der Waals surface area contributed by atoms with Crippen LogP contribution in [0.2, 0.25) is 0 Å². The zero-order chi connectivity index (χ0) is 22.4. The van der Waals surface area contributed by atoms with Crippen LogP contribution in [-0.2, 0) is 22.4 Å². The van der Waals surface area contributed by atoms with Gasteiger partial charge in [0.25, 0.3) is 0 Å². The zero-order valence-corrected chi connectivity index (χ0v) is 19.2. The van der Waals surface area contributed by atoms with Crippen molar-refractivity contribution in [3.8, 4) is 0 Å². The summed E-state index contributed by atoms with van der Waals surface area (Å²) >= 11 is 0. The Kier molecular flexibility index (Phi) is 10.3. The van der Waals surface area contributed by atoms with Gasteiger partial charge in [0.05, 0.1) is 13.1 Å². The summed E-state index contributed by atoms with van der Waals surface area (Å²) < 4.78 is 0. The predicted molar refractivity (Wildman–Crippen MR) is 129 cm³/mol. The third kappa shape index (κ3) is 8.83. The molecule has 1 N–H and O–H groups in total. The smallest absolute Gasteiger partial charge is 0.239 e. The summed E-state index contributed by atoms with van der Waals surface area (Å²) in [7, 11) is 0. The van der Waals surface area contributed by atoms with Crippen LogP contribution in [0.3, 0.4) is 0 Å². The van der Waals surface area contributed by atoms with Gasteiger partial charge in [-0.05, 0) is 62.7 Å². The lowest BCUT2D eigenvalue weighted by molar-refractivity contribution is -0.137. The number of carbonyl (C=O) groups excluding carboxylic acids is 2. The highest BCUT2D eigenvalue weighted by Gasteiger charge is 2.20. The van der Waals surface area contributed by atoms with Crippen LogP contribution in [0.4, 0.5) is 0 Å². The monoisotopic (exact) mass is 435 g/mol. The molecule has 32 heavy (non-hydrogen) atoms. The molecule has 1 saturated heterocycles. The number of benzene rings is 2. The summed E-state index contributed by atoms with van der Waals surface area (Å²) in [6.45, 7) is 3.77. The van der Waals surface area contributed by atoms with Crippen molar-refractivity contribution in [3.05, 3.63) is 71.8 Å². The molecule has 5 nitrogen and oxygen atoms in total. The molecule has 2 aromatic rings. The molecule has 2 aromatic carbocycles. The summed E-state index contributed by atoms with van der Waals surface area (Å²) in [4.78, 5) is 29.6. The molecule has 2 amide bonds. The molecule has 0 atom stereocenters. The van der Waals surface area contributed by atoms with Crippen molar-refractivity contribution in [2.75, 3.05) is 39.3 Å². The van der Waals surface area contributed by atoms with E-state index in [1.165, 1.54) is 17.5 Å². The van der Waals surface area contributed by atoms with E-state index in [1.807, 2.05) is 36.4 Å². The highest BCUT2D eigenvalue weighted by atomic mass is 16.2. The molecule has 0 saturated carbocycles. The number of likely N-dealkylation sites (tertiary alicyclic amines) is 1. The molecule has 1 aliphatic rings. The van der Waals surface area contributed by atoms with Gasteiger partial charge in [-0.3, -0.25) is 14.5 Å². The molecule has 0 radical (unpaired) electrons. The van der Waals surface area contributed by atoms with Crippen molar-refractivity contribution in [1.82, 2.24) is 15.1 Å². The summed E-state index contributed by atoms with van der Waals surface area (Å²) in [6.07, 6.45) is 7.16. The van der Waals surface area contributed by atoms with E-state index < -0.39 is 0 Å². The lowest BCUT2D eigenvalue weighted by Crippen LogP contribution is -2.46. The van der Waals surface area contributed by atoms with Crippen molar-refractivity contribution >= 4 is 11.8 Å². The van der Waals surface area contributed by atoms with Crippen LogP contribution < -0.4 is 5.32 Å². The standard InChI is InChI=1S/C27H37N3O2/c31-26(28-18-10-16-24-12-4-1-5-13-24)22-30(21-11-17-25-14-6-2-7-15-25)27(32)23-29-19-8-3-9-20-29/h1-2,4-7,12-15H,3,8-11,16-23H2,(H,28,31). The van der Waals surface area contributed by atoms with E-state index in [4.69, 9.17) is 0 Å². The highest BCUT2D eigenvalue weighted by molar-refractivity contribution is 5.85. The fourth-order valence-electron chi connectivity index (χ4n) is 4.21. The molecule has 3 rings (SSSR count). The lowest BCUT2D eigenvalue weighted by atomic mass is 10.1. The Hall–Kier alpha value is -2.66. The molecule has 5 heteroatoms. The molecule has 0 bridgehead atoms. The van der Waals surface area contributed by atoms with Crippen LogP contribution in [0.5, 0.6) is 0 Å². The maximum atomic E-state index is 13.0. The van der Waals surface area contributed by atoms with Crippen LogP contribution in [-0.4, -0.2) is 60.9 Å². The van der Waals surface area contributed by atoms with E-state index in [1.54, 1.807) is 4.90 Å². The molecule has 0 unspecified atom stereocenters. The number of piperidine rings is 1. The number of amides is 2. The van der Waals surface area contributed by atoms with Crippen molar-refractivity contribution in [3.63, 3.8) is 0 Å². The molecular weight excluding hydrogens is 398 g/mol. The van der Waals surface area contributed by atoms with E-state index >= 15 is 0 Å². The minimum absolute atomic E-state index is 0.0650. The first-order valence-corrected chi connectivity index (χ1v) is 12.1. The third-order valence-electron chi connectivity index (χ3n) is 6.04. The molecule has 1 aliphatic heterocycles. The van der Waals surface area contributed by atoms with Gasteiger partial charge in [0.2, 0.25) is 11.8 Å². The van der Waals surface area contributed by atoms with Crippen LogP contribution in [0.25, 0.3) is 0 Å². The van der Waals surface area contributed by atoms with E-state index in [0.717, 1.165) is 51.6 Å². The molecule has 1 heterocycles. The van der Waals surface area contributed by atoms with Gasteiger partial charge >= 0.3 is 0 Å². The normalized spacial score (nSPS) is 14.1.